The molecule has 2 amide bonds. The van der Waals surface area contributed by atoms with E-state index >= 15 is 0 Å². The average molecular weight is 366 g/mol. The summed E-state index contributed by atoms with van der Waals surface area (Å²) in [6, 6.07) is 5.55. The van der Waals surface area contributed by atoms with Crippen molar-refractivity contribution < 1.29 is 14.1 Å². The van der Waals surface area contributed by atoms with Crippen molar-refractivity contribution in [2.24, 2.45) is 0 Å². The van der Waals surface area contributed by atoms with E-state index in [0.29, 0.717) is 31.3 Å². The third-order valence-electron chi connectivity index (χ3n) is 3.71. The summed E-state index contributed by atoms with van der Waals surface area (Å²) in [4.78, 5) is 14.2. The molecule has 0 unspecified atom stereocenters. The molecular weight excluding hydrogens is 350 g/mol. The van der Waals surface area contributed by atoms with Crippen molar-refractivity contribution in [2.45, 2.75) is 20.4 Å². The van der Waals surface area contributed by atoms with E-state index in [1.807, 2.05) is 32.0 Å². The number of halogens is 1. The number of hydrogen-bond donors (Lipinski definition) is 1. The Hall–Kier alpha value is -2.02. The van der Waals surface area contributed by atoms with Crippen LogP contribution >= 0.6 is 15.9 Å². The molecule has 0 aliphatic carbocycles. The van der Waals surface area contributed by atoms with Crippen molar-refractivity contribution in [2.75, 3.05) is 18.5 Å². The third kappa shape index (κ3) is 2.81. The van der Waals surface area contributed by atoms with Gasteiger partial charge < -0.3 is 14.2 Å². The number of fused-ring (bicyclic) bond motifs is 1. The van der Waals surface area contributed by atoms with Crippen LogP contribution < -0.4 is 10.1 Å². The van der Waals surface area contributed by atoms with Gasteiger partial charge >= 0.3 is 6.03 Å². The van der Waals surface area contributed by atoms with Gasteiger partial charge in [-0.25, -0.2) is 4.79 Å². The van der Waals surface area contributed by atoms with E-state index in [9.17, 15) is 4.79 Å². The van der Waals surface area contributed by atoms with Gasteiger partial charge in [0.1, 0.15) is 18.1 Å². The minimum absolute atomic E-state index is 0.219. The molecule has 2 aromatic rings. The standard InChI is InChI=1S/C15H16BrN3O3/c1-9-10(2)22-18-14(9)17-15(20)19-6-7-21-13-5-3-4-12(16)11(13)8-19/h3-5H,6-8H2,1-2H3,(H,17,18,20). The molecular formula is C15H16BrN3O3. The Balaban J connectivity index is 1.79. The van der Waals surface area contributed by atoms with Gasteiger partial charge in [-0.2, -0.15) is 0 Å². The highest BCUT2D eigenvalue weighted by molar-refractivity contribution is 9.10. The van der Waals surface area contributed by atoms with Gasteiger partial charge in [0.05, 0.1) is 13.1 Å². The zero-order valence-corrected chi connectivity index (χ0v) is 13.9. The number of nitrogens with one attached hydrogen (secondary N) is 1. The van der Waals surface area contributed by atoms with E-state index < -0.39 is 0 Å². The second kappa shape index (κ2) is 6.00. The number of ether oxygens (including phenoxy) is 1. The predicted octanol–water partition coefficient (Wildman–Crippen LogP) is 3.48. The number of carbonyl (C=O) groups is 1. The maximum atomic E-state index is 12.5. The van der Waals surface area contributed by atoms with Crippen LogP contribution in [0.3, 0.4) is 0 Å². The first kappa shape index (κ1) is 14.9. The van der Waals surface area contributed by atoms with Gasteiger partial charge in [0.2, 0.25) is 0 Å². The van der Waals surface area contributed by atoms with Gasteiger partial charge in [-0.15, -0.1) is 0 Å². The van der Waals surface area contributed by atoms with Crippen LogP contribution in [0, 0.1) is 13.8 Å². The quantitative estimate of drug-likeness (QED) is 0.839. The number of nitrogens with zero attached hydrogens (tertiary/aromatic N) is 2. The number of anilines is 1. The van der Waals surface area contributed by atoms with E-state index in [1.165, 1.54) is 0 Å². The first-order valence-electron chi connectivity index (χ1n) is 6.95. The summed E-state index contributed by atoms with van der Waals surface area (Å²) in [5.74, 6) is 1.96. The first-order valence-corrected chi connectivity index (χ1v) is 7.74. The molecule has 1 aromatic carbocycles. The fourth-order valence-electron chi connectivity index (χ4n) is 2.25. The maximum Gasteiger partial charge on any atom is 0.323 e. The Morgan fingerprint density at radius 2 is 2.23 bits per heavy atom. The fourth-order valence-corrected chi connectivity index (χ4v) is 2.72. The number of carbonyl (C=O) groups excluding carboxylic acids is 1. The van der Waals surface area contributed by atoms with Gasteiger partial charge in [0.15, 0.2) is 5.82 Å². The highest BCUT2D eigenvalue weighted by atomic mass is 79.9. The van der Waals surface area contributed by atoms with Crippen molar-refractivity contribution in [1.29, 1.82) is 0 Å². The minimum atomic E-state index is -0.219. The van der Waals surface area contributed by atoms with Crippen LogP contribution in [0.2, 0.25) is 0 Å². The van der Waals surface area contributed by atoms with Crippen LogP contribution in [0.15, 0.2) is 27.2 Å². The van der Waals surface area contributed by atoms with Crippen molar-refractivity contribution in [3.8, 4) is 5.75 Å². The lowest BCUT2D eigenvalue weighted by atomic mass is 10.2. The molecule has 0 bridgehead atoms. The normalized spacial score (nSPS) is 14.0. The fraction of sp³-hybridized carbons (Fsp3) is 0.333. The maximum absolute atomic E-state index is 12.5. The van der Waals surface area contributed by atoms with E-state index in [1.54, 1.807) is 4.90 Å². The predicted molar refractivity (Wildman–Crippen MR) is 85.0 cm³/mol. The molecule has 116 valence electrons. The van der Waals surface area contributed by atoms with Gasteiger partial charge in [-0.05, 0) is 26.0 Å². The van der Waals surface area contributed by atoms with Gasteiger partial charge in [0.25, 0.3) is 0 Å². The van der Waals surface area contributed by atoms with E-state index in [4.69, 9.17) is 9.26 Å². The lowest BCUT2D eigenvalue weighted by Crippen LogP contribution is -2.36. The molecule has 0 atom stereocenters. The number of aromatic nitrogens is 1. The molecule has 0 radical (unpaired) electrons. The molecule has 1 N–H and O–H groups in total. The second-order valence-corrected chi connectivity index (χ2v) is 5.98. The molecule has 0 fully saturated rings. The molecule has 0 saturated carbocycles. The molecule has 6 nitrogen and oxygen atoms in total. The smallest absolute Gasteiger partial charge is 0.323 e. The first-order chi connectivity index (χ1) is 10.6. The summed E-state index contributed by atoms with van der Waals surface area (Å²) >= 11 is 3.51. The molecule has 7 heteroatoms. The highest BCUT2D eigenvalue weighted by Gasteiger charge is 2.23. The average Bonchev–Trinajstić information content (AvgIpc) is 2.72. The summed E-state index contributed by atoms with van der Waals surface area (Å²) in [5.41, 5.74) is 1.80. The zero-order valence-electron chi connectivity index (χ0n) is 12.4. The number of amides is 2. The second-order valence-electron chi connectivity index (χ2n) is 5.13. The van der Waals surface area contributed by atoms with Crippen LogP contribution in [0.25, 0.3) is 0 Å². The topological polar surface area (TPSA) is 67.6 Å². The van der Waals surface area contributed by atoms with Crippen molar-refractivity contribution in [1.82, 2.24) is 10.1 Å². The van der Waals surface area contributed by atoms with E-state index in [0.717, 1.165) is 21.3 Å². The summed E-state index contributed by atoms with van der Waals surface area (Å²) in [6.45, 7) is 5.10. The Morgan fingerprint density at radius 1 is 1.41 bits per heavy atom. The zero-order chi connectivity index (χ0) is 15.7. The summed E-state index contributed by atoms with van der Waals surface area (Å²) in [6.07, 6.45) is 0. The van der Waals surface area contributed by atoms with Crippen molar-refractivity contribution >= 4 is 27.8 Å². The monoisotopic (exact) mass is 365 g/mol. The van der Waals surface area contributed by atoms with Crippen LogP contribution in [-0.2, 0) is 6.54 Å². The van der Waals surface area contributed by atoms with Gasteiger partial charge in [-0.3, -0.25) is 5.32 Å². The van der Waals surface area contributed by atoms with Gasteiger partial charge in [-0.1, -0.05) is 27.2 Å². The molecule has 1 aliphatic rings. The molecule has 3 rings (SSSR count). The Bertz CT molecular complexity index is 714. The van der Waals surface area contributed by atoms with Crippen LogP contribution in [-0.4, -0.2) is 29.2 Å². The molecule has 1 aromatic heterocycles. The number of benzene rings is 1. The number of rotatable bonds is 1. The molecule has 0 spiro atoms. The Labute approximate surface area is 136 Å². The third-order valence-corrected chi connectivity index (χ3v) is 4.46. The number of hydrogen-bond acceptors (Lipinski definition) is 4. The minimum Gasteiger partial charge on any atom is -0.491 e. The summed E-state index contributed by atoms with van der Waals surface area (Å²) < 4.78 is 11.7. The Kier molecular flexibility index (Phi) is 4.06. The van der Waals surface area contributed by atoms with Crippen LogP contribution in [0.1, 0.15) is 16.9 Å². The molecule has 1 aliphatic heterocycles. The van der Waals surface area contributed by atoms with Crippen molar-refractivity contribution in [3.05, 3.63) is 39.6 Å². The van der Waals surface area contributed by atoms with Crippen molar-refractivity contribution in [3.63, 3.8) is 0 Å². The summed E-state index contributed by atoms with van der Waals surface area (Å²) in [7, 11) is 0. The summed E-state index contributed by atoms with van der Waals surface area (Å²) in [5, 5.41) is 6.65. The van der Waals surface area contributed by atoms with E-state index in [-0.39, 0.29) is 6.03 Å². The molecule has 22 heavy (non-hydrogen) atoms. The lowest BCUT2D eigenvalue weighted by molar-refractivity contribution is 0.200. The SMILES string of the molecule is Cc1onc(NC(=O)N2CCOc3cccc(Br)c3C2)c1C. The Morgan fingerprint density at radius 3 is 2.95 bits per heavy atom. The van der Waals surface area contributed by atoms with Gasteiger partial charge in [0, 0.05) is 15.6 Å². The van der Waals surface area contributed by atoms with Crippen LogP contribution in [0.5, 0.6) is 5.75 Å². The number of urea groups is 1. The largest absolute Gasteiger partial charge is 0.491 e. The lowest BCUT2D eigenvalue weighted by Gasteiger charge is -2.20. The molecule has 2 heterocycles. The number of aryl methyl sites for hydroxylation is 1. The van der Waals surface area contributed by atoms with Crippen LogP contribution in [0.4, 0.5) is 10.6 Å². The van der Waals surface area contributed by atoms with E-state index in [2.05, 4.69) is 26.4 Å². The highest BCUT2D eigenvalue weighted by Crippen LogP contribution is 2.30. The molecule has 0 saturated heterocycles.